The van der Waals surface area contributed by atoms with Crippen molar-refractivity contribution in [2.75, 3.05) is 32.7 Å². The third-order valence-corrected chi connectivity index (χ3v) is 5.52. The number of nitrogens with zero attached hydrogens (tertiary/aromatic N) is 2. The second-order valence-electron chi connectivity index (χ2n) is 7.76. The topological polar surface area (TPSA) is 52.7 Å². The first-order valence-electron chi connectivity index (χ1n) is 10.3. The normalized spacial score (nSPS) is 16.9. The van der Waals surface area contributed by atoms with Crippen LogP contribution in [-0.4, -0.2) is 54.3 Å². The Bertz CT molecular complexity index is 591. The number of rotatable bonds is 8. The van der Waals surface area contributed by atoms with Crippen molar-refractivity contribution >= 4 is 11.8 Å². The molecular formula is C22H35N3O2. The number of carbonyl (C=O) groups excluding carboxylic acids is 2. The number of amides is 2. The summed E-state index contributed by atoms with van der Waals surface area (Å²) in [4.78, 5) is 29.2. The van der Waals surface area contributed by atoms with Gasteiger partial charge in [0.15, 0.2) is 0 Å². The first kappa shape index (κ1) is 21.4. The highest BCUT2D eigenvalue weighted by Crippen LogP contribution is 2.22. The molecule has 1 heterocycles. The van der Waals surface area contributed by atoms with E-state index in [4.69, 9.17) is 0 Å². The second-order valence-corrected chi connectivity index (χ2v) is 7.76. The Balaban J connectivity index is 1.84. The minimum atomic E-state index is 0.0282. The van der Waals surface area contributed by atoms with E-state index in [1.165, 1.54) is 0 Å². The Morgan fingerprint density at radius 1 is 1.11 bits per heavy atom. The maximum Gasteiger partial charge on any atom is 0.234 e. The molecule has 0 radical (unpaired) electrons. The molecule has 27 heavy (non-hydrogen) atoms. The molecular weight excluding hydrogens is 338 g/mol. The van der Waals surface area contributed by atoms with Crippen LogP contribution in [0.15, 0.2) is 30.3 Å². The lowest BCUT2D eigenvalue weighted by Gasteiger charge is -2.33. The molecule has 1 aromatic carbocycles. The van der Waals surface area contributed by atoms with Crippen molar-refractivity contribution in [2.24, 2.45) is 11.8 Å². The maximum atomic E-state index is 12.6. The van der Waals surface area contributed by atoms with Crippen molar-refractivity contribution in [1.29, 1.82) is 0 Å². The molecule has 1 unspecified atom stereocenters. The highest BCUT2D eigenvalue weighted by molar-refractivity contribution is 5.79. The van der Waals surface area contributed by atoms with Crippen LogP contribution in [0.25, 0.3) is 0 Å². The zero-order valence-electron chi connectivity index (χ0n) is 17.3. The molecule has 1 aliphatic rings. The van der Waals surface area contributed by atoms with Gasteiger partial charge in [-0.1, -0.05) is 44.2 Å². The molecule has 0 aliphatic carbocycles. The van der Waals surface area contributed by atoms with Crippen LogP contribution in [0.1, 0.15) is 52.1 Å². The molecule has 2 amide bonds. The van der Waals surface area contributed by atoms with E-state index in [0.717, 1.165) is 44.6 Å². The second kappa shape index (κ2) is 10.5. The number of benzene rings is 1. The summed E-state index contributed by atoms with van der Waals surface area (Å²) >= 11 is 0. The Kier molecular flexibility index (Phi) is 8.29. The zero-order chi connectivity index (χ0) is 19.8. The summed E-state index contributed by atoms with van der Waals surface area (Å²) < 4.78 is 0. The van der Waals surface area contributed by atoms with Gasteiger partial charge in [-0.05, 0) is 51.3 Å². The van der Waals surface area contributed by atoms with Gasteiger partial charge in [0.25, 0.3) is 0 Å². The Morgan fingerprint density at radius 3 is 2.22 bits per heavy atom. The number of hydrogen-bond acceptors (Lipinski definition) is 3. The minimum Gasteiger partial charge on any atom is -0.348 e. The van der Waals surface area contributed by atoms with E-state index in [1.807, 2.05) is 36.9 Å². The van der Waals surface area contributed by atoms with Crippen LogP contribution in [0.4, 0.5) is 0 Å². The first-order valence-corrected chi connectivity index (χ1v) is 10.3. The van der Waals surface area contributed by atoms with Crippen LogP contribution < -0.4 is 5.32 Å². The van der Waals surface area contributed by atoms with E-state index in [1.54, 1.807) is 0 Å². The highest BCUT2D eigenvalue weighted by atomic mass is 16.2. The Labute approximate surface area is 164 Å². The maximum absolute atomic E-state index is 12.6. The van der Waals surface area contributed by atoms with E-state index in [-0.39, 0.29) is 23.8 Å². The van der Waals surface area contributed by atoms with Crippen molar-refractivity contribution in [3.63, 3.8) is 0 Å². The van der Waals surface area contributed by atoms with Crippen molar-refractivity contribution in [1.82, 2.24) is 15.1 Å². The van der Waals surface area contributed by atoms with Crippen LogP contribution in [0.3, 0.4) is 0 Å². The van der Waals surface area contributed by atoms with Crippen molar-refractivity contribution in [3.8, 4) is 0 Å². The smallest absolute Gasteiger partial charge is 0.234 e. The summed E-state index contributed by atoms with van der Waals surface area (Å²) in [6.07, 6.45) is 1.68. The molecule has 1 N–H and O–H groups in total. The number of hydrogen-bond donors (Lipinski definition) is 1. The quantitative estimate of drug-likeness (QED) is 0.762. The van der Waals surface area contributed by atoms with Crippen LogP contribution in [0.2, 0.25) is 0 Å². The molecule has 1 saturated heterocycles. The largest absolute Gasteiger partial charge is 0.348 e. The average Bonchev–Trinajstić information content (AvgIpc) is 2.68. The van der Waals surface area contributed by atoms with Gasteiger partial charge in [0.05, 0.1) is 12.6 Å². The average molecular weight is 374 g/mol. The lowest BCUT2D eigenvalue weighted by atomic mass is 9.94. The van der Waals surface area contributed by atoms with E-state index in [0.29, 0.717) is 12.5 Å². The Hall–Kier alpha value is -1.88. The summed E-state index contributed by atoms with van der Waals surface area (Å²) in [5, 5.41) is 3.19. The van der Waals surface area contributed by atoms with Crippen LogP contribution in [0, 0.1) is 11.8 Å². The van der Waals surface area contributed by atoms with Gasteiger partial charge in [-0.2, -0.15) is 0 Å². The predicted molar refractivity (Wildman–Crippen MR) is 109 cm³/mol. The molecule has 1 atom stereocenters. The van der Waals surface area contributed by atoms with E-state index in [9.17, 15) is 9.59 Å². The van der Waals surface area contributed by atoms with Gasteiger partial charge >= 0.3 is 0 Å². The number of likely N-dealkylation sites (tertiary alicyclic amines) is 1. The molecule has 5 heteroatoms. The summed E-state index contributed by atoms with van der Waals surface area (Å²) in [5.41, 5.74) is 1.14. The Morgan fingerprint density at radius 2 is 1.70 bits per heavy atom. The summed E-state index contributed by atoms with van der Waals surface area (Å²) in [7, 11) is 0. The molecule has 5 nitrogen and oxygen atoms in total. The summed E-state index contributed by atoms with van der Waals surface area (Å²) in [6, 6.07) is 10.2. The van der Waals surface area contributed by atoms with Gasteiger partial charge in [0, 0.05) is 19.0 Å². The molecule has 150 valence electrons. The number of carbonyl (C=O) groups is 2. The molecule has 2 rings (SSSR count). The fourth-order valence-electron chi connectivity index (χ4n) is 3.85. The first-order chi connectivity index (χ1) is 13.0. The molecule has 0 aromatic heterocycles. The van der Waals surface area contributed by atoms with Gasteiger partial charge in [0.1, 0.15) is 0 Å². The third-order valence-electron chi connectivity index (χ3n) is 5.52. The van der Waals surface area contributed by atoms with Gasteiger partial charge in [0.2, 0.25) is 11.8 Å². The zero-order valence-corrected chi connectivity index (χ0v) is 17.3. The van der Waals surface area contributed by atoms with Crippen molar-refractivity contribution in [2.45, 2.75) is 46.6 Å². The highest BCUT2D eigenvalue weighted by Gasteiger charge is 2.28. The van der Waals surface area contributed by atoms with E-state index >= 15 is 0 Å². The summed E-state index contributed by atoms with van der Waals surface area (Å²) in [5.74, 6) is 0.768. The third kappa shape index (κ3) is 6.06. The molecule has 1 fully saturated rings. The molecule has 1 aliphatic heterocycles. The van der Waals surface area contributed by atoms with E-state index in [2.05, 4.69) is 36.2 Å². The fraction of sp³-hybridized carbons (Fsp3) is 0.636. The number of piperidine rings is 1. The number of nitrogens with one attached hydrogen (secondary N) is 1. The standard InChI is InChI=1S/C22H35N3O2/c1-5-25(6-2)22(27)19-12-14-24(15-13-19)16-20(26)23-21(17(3)4)18-10-8-7-9-11-18/h7-11,17,19,21H,5-6,12-16H2,1-4H3,(H,23,26). The lowest BCUT2D eigenvalue weighted by Crippen LogP contribution is -2.46. The lowest BCUT2D eigenvalue weighted by molar-refractivity contribution is -0.136. The van der Waals surface area contributed by atoms with Crippen molar-refractivity contribution < 1.29 is 9.59 Å². The molecule has 0 saturated carbocycles. The van der Waals surface area contributed by atoms with Crippen LogP contribution >= 0.6 is 0 Å². The minimum absolute atomic E-state index is 0.0282. The predicted octanol–water partition coefficient (Wildman–Crippen LogP) is 3.08. The molecule has 1 aromatic rings. The molecule has 0 spiro atoms. The van der Waals surface area contributed by atoms with E-state index < -0.39 is 0 Å². The van der Waals surface area contributed by atoms with Crippen LogP contribution in [0.5, 0.6) is 0 Å². The molecule has 0 bridgehead atoms. The summed E-state index contributed by atoms with van der Waals surface area (Å²) in [6.45, 7) is 11.9. The monoisotopic (exact) mass is 373 g/mol. The van der Waals surface area contributed by atoms with Gasteiger partial charge < -0.3 is 10.2 Å². The fourth-order valence-corrected chi connectivity index (χ4v) is 3.85. The van der Waals surface area contributed by atoms with Crippen molar-refractivity contribution in [3.05, 3.63) is 35.9 Å². The van der Waals surface area contributed by atoms with Gasteiger partial charge in [-0.25, -0.2) is 0 Å². The van der Waals surface area contributed by atoms with Gasteiger partial charge in [-0.3, -0.25) is 14.5 Å². The van der Waals surface area contributed by atoms with Crippen LogP contribution in [-0.2, 0) is 9.59 Å². The van der Waals surface area contributed by atoms with Gasteiger partial charge in [-0.15, -0.1) is 0 Å². The SMILES string of the molecule is CCN(CC)C(=O)C1CCN(CC(=O)NC(c2ccccc2)C(C)C)CC1.